The second kappa shape index (κ2) is 8.95. The molecule has 0 aliphatic carbocycles. The highest BCUT2D eigenvalue weighted by molar-refractivity contribution is 9.13. The number of methoxy groups -OCH3 is 1. The van der Waals surface area contributed by atoms with Crippen LogP contribution >= 0.6 is 59.1 Å². The van der Waals surface area contributed by atoms with Crippen molar-refractivity contribution in [2.24, 2.45) is 0 Å². The zero-order valence-electron chi connectivity index (χ0n) is 14.6. The molecule has 1 aromatic heterocycles. The highest BCUT2D eigenvalue weighted by Gasteiger charge is 2.25. The molecule has 5 nitrogen and oxygen atoms in total. The minimum absolute atomic E-state index is 0.103. The summed E-state index contributed by atoms with van der Waals surface area (Å²) in [5.41, 5.74) is 0.696. The highest BCUT2D eigenvalue weighted by atomic mass is 79.9. The number of carbonyl (C=O) groups excluding carboxylic acids is 1. The number of carboxylic acids is 1. The Morgan fingerprint density at radius 3 is 2.48 bits per heavy atom. The number of carbonyl (C=O) groups is 2. The average molecular weight is 608 g/mol. The second-order valence-corrected chi connectivity index (χ2v) is 9.01. The van der Waals surface area contributed by atoms with Gasteiger partial charge in [0, 0.05) is 14.3 Å². The fraction of sp³-hybridized carbons (Fsp3) is 0.0526. The first-order valence-corrected chi connectivity index (χ1v) is 11.1. The normalized spacial score (nSPS) is 10.7. The summed E-state index contributed by atoms with van der Waals surface area (Å²) in [5, 5.41) is 13.8. The molecule has 2 N–H and O–H groups in total. The maximum Gasteiger partial charge on any atom is 0.339 e. The summed E-state index contributed by atoms with van der Waals surface area (Å²) in [6.07, 6.45) is 0. The largest absolute Gasteiger partial charge is 0.495 e. The van der Waals surface area contributed by atoms with Gasteiger partial charge in [-0.25, -0.2) is 9.18 Å². The number of hydrogen-bond donors (Lipinski definition) is 2. The highest BCUT2D eigenvalue weighted by Crippen LogP contribution is 2.41. The minimum atomic E-state index is -1.23. The third-order valence-corrected chi connectivity index (χ3v) is 7.68. The molecule has 10 heteroatoms. The molecular formula is C19H11Br3FNO4S. The molecule has 3 aromatic rings. The van der Waals surface area contributed by atoms with Gasteiger partial charge in [0.15, 0.2) is 0 Å². The van der Waals surface area contributed by atoms with Crippen molar-refractivity contribution in [3.63, 3.8) is 0 Å². The Balaban J connectivity index is 2.03. The zero-order valence-corrected chi connectivity index (χ0v) is 20.1. The van der Waals surface area contributed by atoms with Crippen LogP contribution in [0.25, 0.3) is 10.4 Å². The number of rotatable bonds is 5. The Morgan fingerprint density at radius 2 is 1.86 bits per heavy atom. The Bertz CT molecular complexity index is 1130. The third kappa shape index (κ3) is 4.40. The second-order valence-electron chi connectivity index (χ2n) is 5.69. The average Bonchev–Trinajstić information content (AvgIpc) is 3.08. The van der Waals surface area contributed by atoms with Crippen molar-refractivity contribution in [1.82, 2.24) is 0 Å². The standard InChI is InChI=1S/C19H11Br3FNO4S/c1-28-12-6-10(20)13(16(22)15(12)21)18(25)24-11-7-29-17(14(11)19(26)27)8-3-2-4-9(23)5-8/h2-7H,1H3,(H,24,25)(H,26,27). The third-order valence-electron chi connectivity index (χ3n) is 3.91. The number of carboxylic acid groups (broad SMARTS) is 1. The molecule has 0 aliphatic heterocycles. The molecule has 0 bridgehead atoms. The molecule has 2 aromatic carbocycles. The van der Waals surface area contributed by atoms with Crippen molar-refractivity contribution >= 4 is 76.7 Å². The number of aromatic carboxylic acids is 1. The summed E-state index contributed by atoms with van der Waals surface area (Å²) < 4.78 is 20.2. The lowest BCUT2D eigenvalue weighted by Crippen LogP contribution is -2.15. The van der Waals surface area contributed by atoms with E-state index in [-0.39, 0.29) is 16.8 Å². The van der Waals surface area contributed by atoms with E-state index < -0.39 is 17.7 Å². The molecule has 0 saturated heterocycles. The molecule has 0 fully saturated rings. The Hall–Kier alpha value is -1.75. The van der Waals surface area contributed by atoms with Gasteiger partial charge in [0.05, 0.1) is 27.7 Å². The first-order chi connectivity index (χ1) is 13.7. The molecule has 0 saturated carbocycles. The summed E-state index contributed by atoms with van der Waals surface area (Å²) in [4.78, 5) is 25.1. The monoisotopic (exact) mass is 605 g/mol. The van der Waals surface area contributed by atoms with Crippen molar-refractivity contribution in [3.05, 3.63) is 66.1 Å². The van der Waals surface area contributed by atoms with Crippen LogP contribution in [0.3, 0.4) is 0 Å². The quantitative estimate of drug-likeness (QED) is 0.313. The van der Waals surface area contributed by atoms with Crippen molar-refractivity contribution in [2.75, 3.05) is 12.4 Å². The van der Waals surface area contributed by atoms with Crippen molar-refractivity contribution in [2.45, 2.75) is 0 Å². The number of thiophene rings is 1. The molecular weight excluding hydrogens is 597 g/mol. The summed E-state index contributed by atoms with van der Waals surface area (Å²) in [5.74, 6) is -1.72. The van der Waals surface area contributed by atoms with E-state index in [0.717, 1.165) is 11.3 Å². The van der Waals surface area contributed by atoms with E-state index in [0.29, 0.717) is 29.6 Å². The molecule has 3 rings (SSSR count). The molecule has 1 amide bonds. The van der Waals surface area contributed by atoms with E-state index in [9.17, 15) is 19.1 Å². The minimum Gasteiger partial charge on any atom is -0.495 e. The number of hydrogen-bond acceptors (Lipinski definition) is 4. The van der Waals surface area contributed by atoms with E-state index in [1.165, 1.54) is 30.7 Å². The lowest BCUT2D eigenvalue weighted by Gasteiger charge is -2.13. The maximum absolute atomic E-state index is 13.6. The fourth-order valence-electron chi connectivity index (χ4n) is 2.62. The van der Waals surface area contributed by atoms with Crippen LogP contribution in [0.2, 0.25) is 0 Å². The fourth-order valence-corrected chi connectivity index (χ4v) is 5.53. The summed E-state index contributed by atoms with van der Waals surface area (Å²) in [6, 6.07) is 7.25. The lowest BCUT2D eigenvalue weighted by atomic mass is 10.1. The summed E-state index contributed by atoms with van der Waals surface area (Å²) in [6.45, 7) is 0. The van der Waals surface area contributed by atoms with Gasteiger partial charge in [-0.2, -0.15) is 0 Å². The summed E-state index contributed by atoms with van der Waals surface area (Å²) in [7, 11) is 1.50. The first kappa shape index (κ1) is 21.9. The van der Waals surface area contributed by atoms with Crippen molar-refractivity contribution in [3.8, 4) is 16.2 Å². The van der Waals surface area contributed by atoms with Crippen LogP contribution in [0.1, 0.15) is 20.7 Å². The molecule has 0 radical (unpaired) electrons. The Kier molecular flexibility index (Phi) is 6.77. The number of benzene rings is 2. The Labute approximate surface area is 194 Å². The zero-order chi connectivity index (χ0) is 21.3. The van der Waals surface area contributed by atoms with Crippen molar-refractivity contribution in [1.29, 1.82) is 0 Å². The van der Waals surface area contributed by atoms with Gasteiger partial charge in [0.2, 0.25) is 0 Å². The van der Waals surface area contributed by atoms with Crippen LogP contribution in [0, 0.1) is 5.82 Å². The topological polar surface area (TPSA) is 75.6 Å². The summed E-state index contributed by atoms with van der Waals surface area (Å²) >= 11 is 11.2. The molecule has 150 valence electrons. The van der Waals surface area contributed by atoms with Gasteiger partial charge < -0.3 is 15.2 Å². The van der Waals surface area contributed by atoms with Crippen LogP contribution < -0.4 is 10.1 Å². The van der Waals surface area contributed by atoms with Crippen LogP contribution in [-0.2, 0) is 0 Å². The number of ether oxygens (including phenoxy) is 1. The van der Waals surface area contributed by atoms with E-state index in [2.05, 4.69) is 53.1 Å². The van der Waals surface area contributed by atoms with Gasteiger partial charge in [-0.15, -0.1) is 11.3 Å². The molecule has 1 heterocycles. The molecule has 0 atom stereocenters. The predicted molar refractivity (Wildman–Crippen MR) is 121 cm³/mol. The molecule has 0 spiro atoms. The smallest absolute Gasteiger partial charge is 0.339 e. The predicted octanol–water partition coefficient (Wildman–Crippen LogP) is 6.80. The number of amides is 1. The first-order valence-electron chi connectivity index (χ1n) is 7.88. The SMILES string of the molecule is COc1cc(Br)c(C(=O)Nc2csc(-c3cccc(F)c3)c2C(=O)O)c(Br)c1Br. The van der Waals surface area contributed by atoms with E-state index >= 15 is 0 Å². The number of anilines is 1. The van der Waals surface area contributed by atoms with Gasteiger partial charge in [0.25, 0.3) is 5.91 Å². The Morgan fingerprint density at radius 1 is 1.14 bits per heavy atom. The lowest BCUT2D eigenvalue weighted by molar-refractivity contribution is 0.0699. The molecule has 0 aliphatic rings. The van der Waals surface area contributed by atoms with E-state index in [4.69, 9.17) is 4.74 Å². The van der Waals surface area contributed by atoms with Crippen LogP contribution in [0.15, 0.2) is 49.1 Å². The van der Waals surface area contributed by atoms with Crippen LogP contribution in [-0.4, -0.2) is 24.1 Å². The van der Waals surface area contributed by atoms with E-state index in [1.807, 2.05) is 0 Å². The maximum atomic E-state index is 13.6. The van der Waals surface area contributed by atoms with Gasteiger partial charge in [-0.05, 0) is 71.6 Å². The van der Waals surface area contributed by atoms with Crippen LogP contribution in [0.4, 0.5) is 10.1 Å². The van der Waals surface area contributed by atoms with Crippen LogP contribution in [0.5, 0.6) is 5.75 Å². The van der Waals surface area contributed by atoms with E-state index in [1.54, 1.807) is 12.1 Å². The molecule has 0 unspecified atom stereocenters. The van der Waals surface area contributed by atoms with Crippen molar-refractivity contribution < 1.29 is 23.8 Å². The number of nitrogens with one attached hydrogen (secondary N) is 1. The van der Waals surface area contributed by atoms with Gasteiger partial charge in [0.1, 0.15) is 17.1 Å². The van der Waals surface area contributed by atoms with Gasteiger partial charge in [-0.1, -0.05) is 12.1 Å². The number of halogens is 4. The van der Waals surface area contributed by atoms with Gasteiger partial charge >= 0.3 is 5.97 Å². The molecule has 29 heavy (non-hydrogen) atoms. The van der Waals surface area contributed by atoms with Gasteiger partial charge in [-0.3, -0.25) is 4.79 Å².